The Hall–Kier alpha value is -1.95. The van der Waals surface area contributed by atoms with Crippen molar-refractivity contribution in [3.63, 3.8) is 0 Å². The number of pyridine rings is 1. The highest BCUT2D eigenvalue weighted by molar-refractivity contribution is 5.92. The first-order chi connectivity index (χ1) is 11.6. The molecule has 1 aromatic rings. The average Bonchev–Trinajstić information content (AvgIpc) is 2.62. The fourth-order valence-electron chi connectivity index (χ4n) is 3.62. The van der Waals surface area contributed by atoms with Crippen molar-refractivity contribution >= 4 is 11.8 Å². The zero-order valence-corrected chi connectivity index (χ0v) is 14.5. The number of nitrogens with zero attached hydrogens (tertiary/aromatic N) is 4. The molecule has 0 saturated carbocycles. The number of carbonyl (C=O) groups is 2. The molecule has 3 heterocycles. The highest BCUT2D eigenvalue weighted by Gasteiger charge is 2.36. The Bertz CT molecular complexity index is 582. The molecule has 0 aromatic carbocycles. The Morgan fingerprint density at radius 2 is 1.92 bits per heavy atom. The molecule has 2 aliphatic heterocycles. The van der Waals surface area contributed by atoms with Gasteiger partial charge in [0, 0.05) is 45.0 Å². The summed E-state index contributed by atoms with van der Waals surface area (Å²) in [5.41, 5.74) is 0.491. The van der Waals surface area contributed by atoms with Crippen LogP contribution in [0.5, 0.6) is 0 Å². The molecule has 0 spiro atoms. The summed E-state index contributed by atoms with van der Waals surface area (Å²) in [6.07, 6.45) is 3.63. The molecule has 6 nitrogen and oxygen atoms in total. The zero-order valence-electron chi connectivity index (χ0n) is 14.5. The third-order valence-corrected chi connectivity index (χ3v) is 4.99. The number of piperazine rings is 1. The number of amides is 2. The predicted octanol–water partition coefficient (Wildman–Crippen LogP) is 1.24. The smallest absolute Gasteiger partial charge is 0.272 e. The predicted molar refractivity (Wildman–Crippen MR) is 91.6 cm³/mol. The van der Waals surface area contributed by atoms with Gasteiger partial charge in [-0.15, -0.1) is 0 Å². The number of likely N-dealkylation sites (tertiary alicyclic amines) is 1. The van der Waals surface area contributed by atoms with Gasteiger partial charge in [-0.1, -0.05) is 6.07 Å². The largest absolute Gasteiger partial charge is 0.339 e. The van der Waals surface area contributed by atoms with Crippen LogP contribution < -0.4 is 0 Å². The molecule has 24 heavy (non-hydrogen) atoms. The SMILES string of the molecule is CC(C)N1CCCC(N2CCN(C(=O)c3ccccn3)CC2)C1=O. The van der Waals surface area contributed by atoms with E-state index in [0.717, 1.165) is 32.5 Å². The van der Waals surface area contributed by atoms with Gasteiger partial charge in [0.2, 0.25) is 5.91 Å². The van der Waals surface area contributed by atoms with Crippen molar-refractivity contribution in [1.29, 1.82) is 0 Å². The summed E-state index contributed by atoms with van der Waals surface area (Å²) in [6, 6.07) is 5.63. The van der Waals surface area contributed by atoms with E-state index in [-0.39, 0.29) is 23.9 Å². The summed E-state index contributed by atoms with van der Waals surface area (Å²) >= 11 is 0. The van der Waals surface area contributed by atoms with Gasteiger partial charge in [-0.05, 0) is 38.8 Å². The summed E-state index contributed by atoms with van der Waals surface area (Å²) in [7, 11) is 0. The van der Waals surface area contributed by atoms with Gasteiger partial charge >= 0.3 is 0 Å². The molecule has 3 rings (SSSR count). The summed E-state index contributed by atoms with van der Waals surface area (Å²) in [5, 5.41) is 0. The van der Waals surface area contributed by atoms with Gasteiger partial charge in [-0.25, -0.2) is 0 Å². The van der Waals surface area contributed by atoms with E-state index in [9.17, 15) is 9.59 Å². The maximum atomic E-state index is 12.7. The van der Waals surface area contributed by atoms with E-state index in [4.69, 9.17) is 0 Å². The number of hydrogen-bond acceptors (Lipinski definition) is 4. The van der Waals surface area contributed by atoms with Gasteiger partial charge in [0.25, 0.3) is 5.91 Å². The first-order valence-corrected chi connectivity index (χ1v) is 8.83. The third kappa shape index (κ3) is 3.43. The molecule has 2 aliphatic rings. The summed E-state index contributed by atoms with van der Waals surface area (Å²) < 4.78 is 0. The molecular weight excluding hydrogens is 304 g/mol. The van der Waals surface area contributed by atoms with Crippen molar-refractivity contribution in [3.05, 3.63) is 30.1 Å². The molecule has 6 heteroatoms. The minimum Gasteiger partial charge on any atom is -0.339 e. The lowest BCUT2D eigenvalue weighted by atomic mass is 10.0. The van der Waals surface area contributed by atoms with E-state index < -0.39 is 0 Å². The first kappa shape index (κ1) is 16.9. The molecule has 1 unspecified atom stereocenters. The third-order valence-electron chi connectivity index (χ3n) is 4.99. The topological polar surface area (TPSA) is 56.8 Å². The lowest BCUT2D eigenvalue weighted by molar-refractivity contribution is -0.142. The maximum Gasteiger partial charge on any atom is 0.272 e. The second-order valence-corrected chi connectivity index (χ2v) is 6.83. The monoisotopic (exact) mass is 330 g/mol. The van der Waals surface area contributed by atoms with Crippen molar-refractivity contribution in [3.8, 4) is 0 Å². The van der Waals surface area contributed by atoms with Gasteiger partial charge in [0.05, 0.1) is 6.04 Å². The normalized spacial score (nSPS) is 23.0. The van der Waals surface area contributed by atoms with Gasteiger partial charge in [0.1, 0.15) is 5.69 Å². The van der Waals surface area contributed by atoms with Gasteiger partial charge < -0.3 is 9.80 Å². The fourth-order valence-corrected chi connectivity index (χ4v) is 3.62. The standard InChI is InChI=1S/C18H26N4O2/c1-14(2)22-9-5-7-16(18(22)24)20-10-12-21(13-11-20)17(23)15-6-3-4-8-19-15/h3-4,6,8,14,16H,5,7,9-13H2,1-2H3. The molecule has 0 N–H and O–H groups in total. The van der Waals surface area contributed by atoms with Crippen LogP contribution >= 0.6 is 0 Å². The number of hydrogen-bond donors (Lipinski definition) is 0. The molecule has 130 valence electrons. The second-order valence-electron chi connectivity index (χ2n) is 6.83. The maximum absolute atomic E-state index is 12.7. The van der Waals surface area contributed by atoms with Crippen molar-refractivity contribution in [2.24, 2.45) is 0 Å². The Kier molecular flexibility index (Phi) is 5.14. The van der Waals surface area contributed by atoms with Crippen LogP contribution in [0.25, 0.3) is 0 Å². The van der Waals surface area contributed by atoms with Gasteiger partial charge in [-0.2, -0.15) is 0 Å². The van der Waals surface area contributed by atoms with Crippen LogP contribution in [0.15, 0.2) is 24.4 Å². The van der Waals surface area contributed by atoms with E-state index in [0.29, 0.717) is 18.8 Å². The molecule has 0 aliphatic carbocycles. The molecule has 0 radical (unpaired) electrons. The van der Waals surface area contributed by atoms with E-state index in [1.54, 1.807) is 12.3 Å². The van der Waals surface area contributed by atoms with Gasteiger partial charge in [0.15, 0.2) is 0 Å². The highest BCUT2D eigenvalue weighted by Crippen LogP contribution is 2.21. The average molecular weight is 330 g/mol. The number of aromatic nitrogens is 1. The molecule has 1 atom stereocenters. The minimum absolute atomic E-state index is 0.0194. The highest BCUT2D eigenvalue weighted by atomic mass is 16.2. The summed E-state index contributed by atoms with van der Waals surface area (Å²) in [4.78, 5) is 35.4. The molecule has 2 fully saturated rings. The second kappa shape index (κ2) is 7.30. The van der Waals surface area contributed by atoms with Crippen molar-refractivity contribution in [1.82, 2.24) is 19.7 Å². The molecule has 2 saturated heterocycles. The van der Waals surface area contributed by atoms with E-state index >= 15 is 0 Å². The summed E-state index contributed by atoms with van der Waals surface area (Å²) in [5.74, 6) is 0.231. The molecular formula is C18H26N4O2. The number of rotatable bonds is 3. The van der Waals surface area contributed by atoms with Crippen LogP contribution in [-0.4, -0.2) is 76.3 Å². The van der Waals surface area contributed by atoms with Crippen LogP contribution in [0.1, 0.15) is 37.2 Å². The Morgan fingerprint density at radius 1 is 1.17 bits per heavy atom. The lowest BCUT2D eigenvalue weighted by Gasteiger charge is -2.43. The Balaban J connectivity index is 1.59. The minimum atomic E-state index is -0.0201. The fraction of sp³-hybridized carbons (Fsp3) is 0.611. The van der Waals surface area contributed by atoms with Crippen LogP contribution in [0, 0.1) is 0 Å². The molecule has 1 aromatic heterocycles. The van der Waals surface area contributed by atoms with Gasteiger partial charge in [-0.3, -0.25) is 19.5 Å². The van der Waals surface area contributed by atoms with Crippen molar-refractivity contribution in [2.75, 3.05) is 32.7 Å². The lowest BCUT2D eigenvalue weighted by Crippen LogP contribution is -2.59. The zero-order chi connectivity index (χ0) is 17.1. The number of piperidine rings is 1. The first-order valence-electron chi connectivity index (χ1n) is 8.83. The van der Waals surface area contributed by atoms with E-state index in [1.165, 1.54) is 0 Å². The van der Waals surface area contributed by atoms with Crippen molar-refractivity contribution in [2.45, 2.75) is 38.8 Å². The van der Waals surface area contributed by atoms with Crippen LogP contribution in [0.4, 0.5) is 0 Å². The molecule has 0 bridgehead atoms. The van der Waals surface area contributed by atoms with Crippen molar-refractivity contribution < 1.29 is 9.59 Å². The van der Waals surface area contributed by atoms with Crippen LogP contribution in [0.2, 0.25) is 0 Å². The van der Waals surface area contributed by atoms with Crippen LogP contribution in [-0.2, 0) is 4.79 Å². The quantitative estimate of drug-likeness (QED) is 0.837. The number of carbonyl (C=O) groups excluding carboxylic acids is 2. The Labute approximate surface area is 143 Å². The van der Waals surface area contributed by atoms with Crippen LogP contribution in [0.3, 0.4) is 0 Å². The molecule has 2 amide bonds. The van der Waals surface area contributed by atoms with E-state index in [1.807, 2.05) is 21.9 Å². The summed E-state index contributed by atoms with van der Waals surface area (Å²) in [6.45, 7) is 7.82. The van der Waals surface area contributed by atoms with E-state index in [2.05, 4.69) is 23.7 Å². The Morgan fingerprint density at radius 3 is 2.54 bits per heavy atom.